The summed E-state index contributed by atoms with van der Waals surface area (Å²) < 4.78 is 5.57. The molecule has 1 aromatic heterocycles. The fourth-order valence-electron chi connectivity index (χ4n) is 2.80. The van der Waals surface area contributed by atoms with Gasteiger partial charge in [-0.05, 0) is 50.5 Å². The molecular weight excluding hydrogens is 452 g/mol. The van der Waals surface area contributed by atoms with Gasteiger partial charge in [0.15, 0.2) is 0 Å². The highest BCUT2D eigenvalue weighted by Crippen LogP contribution is 2.31. The lowest BCUT2D eigenvalue weighted by molar-refractivity contribution is -0.384. The summed E-state index contributed by atoms with van der Waals surface area (Å²) in [5.41, 5.74) is 0.575. The Bertz CT molecular complexity index is 1070. The molecule has 33 heavy (non-hydrogen) atoms. The largest absolute Gasteiger partial charge is 0.506 e. The number of phenols is 1. The van der Waals surface area contributed by atoms with E-state index in [0.29, 0.717) is 18.0 Å². The van der Waals surface area contributed by atoms with Crippen molar-refractivity contribution in [3.8, 4) is 11.5 Å². The smallest absolute Gasteiger partial charge is 0.329 e. The quantitative estimate of drug-likeness (QED) is 0.195. The summed E-state index contributed by atoms with van der Waals surface area (Å²) >= 11 is 0. The number of aliphatic hydroxyl groups is 1. The minimum Gasteiger partial charge on any atom is -0.506 e. The zero-order valence-corrected chi connectivity index (χ0v) is 18.8. The first-order valence-electron chi connectivity index (χ1n) is 9.71. The SMILES string of the molecule is CN(C)CC(O)COc1ccc(Nc2ncc([N+](=O)[O-])c(Nc3ccccc3O)n2)cc1.Cl. The third-order valence-corrected chi connectivity index (χ3v) is 4.25. The van der Waals surface area contributed by atoms with Crippen molar-refractivity contribution in [3.05, 3.63) is 64.8 Å². The summed E-state index contributed by atoms with van der Waals surface area (Å²) in [6, 6.07) is 13.2. The minimum absolute atomic E-state index is 0. The number of hydrogen-bond donors (Lipinski definition) is 4. The second-order valence-electron chi connectivity index (χ2n) is 7.20. The molecule has 2 aromatic carbocycles. The Morgan fingerprint density at radius 1 is 1.15 bits per heavy atom. The second kappa shape index (κ2) is 11.8. The van der Waals surface area contributed by atoms with Gasteiger partial charge in [-0.2, -0.15) is 4.98 Å². The van der Waals surface area contributed by atoms with E-state index >= 15 is 0 Å². The zero-order valence-electron chi connectivity index (χ0n) is 18.0. The van der Waals surface area contributed by atoms with Crippen LogP contribution in [-0.4, -0.2) is 63.4 Å². The fraction of sp³-hybridized carbons (Fsp3) is 0.238. The molecule has 0 saturated carbocycles. The molecule has 0 aliphatic rings. The molecule has 0 fully saturated rings. The maximum absolute atomic E-state index is 11.3. The van der Waals surface area contributed by atoms with Crippen LogP contribution in [0, 0.1) is 10.1 Å². The van der Waals surface area contributed by atoms with Crippen LogP contribution in [0.3, 0.4) is 0 Å². The molecule has 0 saturated heterocycles. The summed E-state index contributed by atoms with van der Waals surface area (Å²) in [7, 11) is 3.74. The summed E-state index contributed by atoms with van der Waals surface area (Å²) in [5, 5.41) is 36.9. The molecule has 176 valence electrons. The fourth-order valence-corrected chi connectivity index (χ4v) is 2.80. The normalized spacial score (nSPS) is 11.4. The van der Waals surface area contributed by atoms with E-state index in [0.717, 1.165) is 6.20 Å². The van der Waals surface area contributed by atoms with Crippen LogP contribution in [-0.2, 0) is 0 Å². The number of aromatic hydroxyl groups is 1. The van der Waals surface area contributed by atoms with Crippen LogP contribution in [0.2, 0.25) is 0 Å². The Hall–Kier alpha value is -3.67. The number of nitrogens with one attached hydrogen (secondary N) is 2. The van der Waals surface area contributed by atoms with Crippen LogP contribution in [0.4, 0.5) is 28.8 Å². The van der Waals surface area contributed by atoms with Crippen molar-refractivity contribution >= 4 is 41.2 Å². The van der Waals surface area contributed by atoms with E-state index in [9.17, 15) is 20.3 Å². The number of halogens is 1. The highest BCUT2D eigenvalue weighted by molar-refractivity contribution is 5.85. The first-order chi connectivity index (χ1) is 15.3. The minimum atomic E-state index is -0.608. The van der Waals surface area contributed by atoms with E-state index in [1.165, 1.54) is 6.07 Å². The molecule has 1 unspecified atom stereocenters. The summed E-state index contributed by atoms with van der Waals surface area (Å²) in [6.45, 7) is 0.659. The van der Waals surface area contributed by atoms with Gasteiger partial charge in [-0.25, -0.2) is 4.98 Å². The van der Waals surface area contributed by atoms with Crippen molar-refractivity contribution in [2.45, 2.75) is 6.10 Å². The van der Waals surface area contributed by atoms with Crippen molar-refractivity contribution in [2.24, 2.45) is 0 Å². The molecule has 1 atom stereocenters. The number of aliphatic hydroxyl groups excluding tert-OH is 1. The maximum atomic E-state index is 11.3. The highest BCUT2D eigenvalue weighted by atomic mass is 35.5. The molecule has 0 bridgehead atoms. The van der Waals surface area contributed by atoms with Crippen LogP contribution in [0.15, 0.2) is 54.7 Å². The highest BCUT2D eigenvalue weighted by Gasteiger charge is 2.18. The number of nitro groups is 1. The lowest BCUT2D eigenvalue weighted by Crippen LogP contribution is -2.30. The number of rotatable bonds is 10. The first kappa shape index (κ1) is 25.6. The van der Waals surface area contributed by atoms with Gasteiger partial charge in [0.2, 0.25) is 11.8 Å². The lowest BCUT2D eigenvalue weighted by atomic mass is 10.3. The topological polar surface area (TPSA) is 146 Å². The van der Waals surface area contributed by atoms with Gasteiger partial charge in [0, 0.05) is 12.2 Å². The average molecular weight is 477 g/mol. The molecule has 0 amide bonds. The van der Waals surface area contributed by atoms with Crippen molar-refractivity contribution in [1.82, 2.24) is 14.9 Å². The number of benzene rings is 2. The number of para-hydroxylation sites is 2. The Morgan fingerprint density at radius 3 is 2.48 bits per heavy atom. The number of phenolic OH excluding ortho intramolecular Hbond substituents is 1. The molecule has 3 rings (SSSR count). The molecule has 12 heteroatoms. The predicted molar refractivity (Wildman–Crippen MR) is 127 cm³/mol. The standard InChI is InChI=1S/C21H24N6O5.ClH/c1-26(2)12-15(28)13-32-16-9-7-14(8-10-16)23-21-22-11-18(27(30)31)20(25-21)24-17-5-3-4-6-19(17)29;/h3-11,15,28-29H,12-13H2,1-2H3,(H2,22,23,24,25);1H. The van der Waals surface area contributed by atoms with Crippen LogP contribution < -0.4 is 15.4 Å². The van der Waals surface area contributed by atoms with Crippen LogP contribution in [0.1, 0.15) is 0 Å². The predicted octanol–water partition coefficient (Wildman–Crippen LogP) is 3.30. The van der Waals surface area contributed by atoms with Crippen molar-refractivity contribution in [2.75, 3.05) is 37.9 Å². The van der Waals surface area contributed by atoms with E-state index in [2.05, 4.69) is 20.6 Å². The van der Waals surface area contributed by atoms with Gasteiger partial charge in [0.05, 0.1) is 10.6 Å². The van der Waals surface area contributed by atoms with E-state index < -0.39 is 11.0 Å². The van der Waals surface area contributed by atoms with Crippen molar-refractivity contribution in [3.63, 3.8) is 0 Å². The van der Waals surface area contributed by atoms with Gasteiger partial charge in [0.25, 0.3) is 0 Å². The zero-order chi connectivity index (χ0) is 23.1. The van der Waals surface area contributed by atoms with Crippen LogP contribution >= 0.6 is 12.4 Å². The number of anilines is 4. The third-order valence-electron chi connectivity index (χ3n) is 4.25. The molecule has 11 nitrogen and oxygen atoms in total. The number of ether oxygens (including phenoxy) is 1. The van der Waals surface area contributed by atoms with Gasteiger partial charge in [-0.1, -0.05) is 12.1 Å². The maximum Gasteiger partial charge on any atom is 0.329 e. The van der Waals surface area contributed by atoms with Crippen LogP contribution in [0.25, 0.3) is 0 Å². The molecular formula is C21H25ClN6O5. The average Bonchev–Trinajstić information content (AvgIpc) is 2.74. The molecule has 4 N–H and O–H groups in total. The second-order valence-corrected chi connectivity index (χ2v) is 7.20. The molecule has 0 spiro atoms. The van der Waals surface area contributed by atoms with Gasteiger partial charge in [-0.15, -0.1) is 12.4 Å². The number of nitrogens with zero attached hydrogens (tertiary/aromatic N) is 4. The van der Waals surface area contributed by atoms with E-state index in [1.54, 1.807) is 42.5 Å². The number of likely N-dealkylation sites (N-methyl/N-ethyl adjacent to an activating group) is 1. The molecule has 0 aliphatic heterocycles. The van der Waals surface area contributed by atoms with E-state index in [1.807, 2.05) is 19.0 Å². The van der Waals surface area contributed by atoms with Crippen molar-refractivity contribution < 1.29 is 19.9 Å². The molecule has 0 aliphatic carbocycles. The Balaban J connectivity index is 0.00000385. The third kappa shape index (κ3) is 7.45. The lowest BCUT2D eigenvalue weighted by Gasteiger charge is -2.16. The van der Waals surface area contributed by atoms with E-state index in [4.69, 9.17) is 4.74 Å². The monoisotopic (exact) mass is 476 g/mol. The van der Waals surface area contributed by atoms with Gasteiger partial charge < -0.3 is 30.5 Å². The van der Waals surface area contributed by atoms with Gasteiger partial charge >= 0.3 is 5.69 Å². The van der Waals surface area contributed by atoms with Crippen LogP contribution in [0.5, 0.6) is 11.5 Å². The van der Waals surface area contributed by atoms with E-state index in [-0.39, 0.29) is 47.9 Å². The first-order valence-corrected chi connectivity index (χ1v) is 9.71. The Kier molecular flexibility index (Phi) is 9.16. The van der Waals surface area contributed by atoms with Gasteiger partial charge in [0.1, 0.15) is 30.4 Å². The summed E-state index contributed by atoms with van der Waals surface area (Å²) in [5.74, 6) is 0.577. The molecule has 1 heterocycles. The Labute approximate surface area is 196 Å². The molecule has 3 aromatic rings. The van der Waals surface area contributed by atoms with Crippen molar-refractivity contribution in [1.29, 1.82) is 0 Å². The summed E-state index contributed by atoms with van der Waals surface area (Å²) in [6.07, 6.45) is 0.479. The summed E-state index contributed by atoms with van der Waals surface area (Å²) in [4.78, 5) is 20.8. The molecule has 0 radical (unpaired) electrons. The van der Waals surface area contributed by atoms with Gasteiger partial charge in [-0.3, -0.25) is 10.1 Å². The number of hydrogen-bond acceptors (Lipinski definition) is 10. The number of aromatic nitrogens is 2. The Morgan fingerprint density at radius 2 is 1.85 bits per heavy atom.